The summed E-state index contributed by atoms with van der Waals surface area (Å²) < 4.78 is 12.7. The molecular weight excluding hydrogens is 237 g/mol. The van der Waals surface area contributed by atoms with Crippen LogP contribution in [0.25, 0.3) is 0 Å². The third-order valence-corrected chi connectivity index (χ3v) is 3.31. The highest BCUT2D eigenvalue weighted by Gasteiger charge is 2.12. The van der Waals surface area contributed by atoms with E-state index in [1.165, 1.54) is 12.1 Å². The van der Waals surface area contributed by atoms with Crippen LogP contribution in [0, 0.1) is 5.82 Å². The fourth-order valence-electron chi connectivity index (χ4n) is 1.14. The highest BCUT2D eigenvalue weighted by atomic mass is 32.2. The van der Waals surface area contributed by atoms with E-state index < -0.39 is 0 Å². The van der Waals surface area contributed by atoms with Crippen LogP contribution >= 0.6 is 11.8 Å². The van der Waals surface area contributed by atoms with Crippen LogP contribution in [0.15, 0.2) is 24.3 Å². The Morgan fingerprint density at radius 3 is 2.41 bits per heavy atom. The monoisotopic (exact) mass is 255 g/mol. The number of hydrogen-bond acceptors (Lipinski definition) is 2. The molecule has 0 atom stereocenters. The standard InChI is InChI=1S/C13H18FNOS/c1-13(2,3)17-9-12(16)15-8-10-4-6-11(14)7-5-10/h4-7H,8-9H2,1-3H3,(H,15,16). The van der Waals surface area contributed by atoms with Crippen molar-refractivity contribution in [2.75, 3.05) is 5.75 Å². The second kappa shape index (κ2) is 6.05. The lowest BCUT2D eigenvalue weighted by molar-refractivity contribution is -0.118. The molecule has 0 aromatic heterocycles. The quantitative estimate of drug-likeness (QED) is 0.896. The van der Waals surface area contributed by atoms with Gasteiger partial charge in [0, 0.05) is 11.3 Å². The van der Waals surface area contributed by atoms with E-state index in [2.05, 4.69) is 26.1 Å². The zero-order valence-electron chi connectivity index (χ0n) is 10.4. The lowest BCUT2D eigenvalue weighted by Gasteiger charge is -2.16. The first-order valence-corrected chi connectivity index (χ1v) is 6.50. The fraction of sp³-hybridized carbons (Fsp3) is 0.462. The molecule has 0 saturated carbocycles. The molecule has 0 unspecified atom stereocenters. The van der Waals surface area contributed by atoms with Crippen LogP contribution < -0.4 is 5.32 Å². The van der Waals surface area contributed by atoms with E-state index in [0.717, 1.165) is 5.56 Å². The molecule has 1 amide bonds. The summed E-state index contributed by atoms with van der Waals surface area (Å²) in [5.74, 6) is 0.197. The predicted octanol–water partition coefficient (Wildman–Crippen LogP) is 2.97. The molecule has 2 nitrogen and oxygen atoms in total. The first-order valence-electron chi connectivity index (χ1n) is 5.52. The number of thioether (sulfide) groups is 1. The van der Waals surface area contributed by atoms with Crippen LogP contribution in [-0.4, -0.2) is 16.4 Å². The van der Waals surface area contributed by atoms with E-state index in [-0.39, 0.29) is 16.5 Å². The van der Waals surface area contributed by atoms with E-state index in [4.69, 9.17) is 0 Å². The molecule has 1 rings (SSSR count). The van der Waals surface area contributed by atoms with Crippen molar-refractivity contribution in [3.05, 3.63) is 35.6 Å². The minimum atomic E-state index is -0.261. The molecular formula is C13H18FNOS. The third-order valence-electron chi connectivity index (χ3n) is 2.04. The zero-order chi connectivity index (χ0) is 12.9. The van der Waals surface area contributed by atoms with Gasteiger partial charge in [0.1, 0.15) is 5.82 Å². The summed E-state index contributed by atoms with van der Waals surface area (Å²) in [7, 11) is 0. The van der Waals surface area contributed by atoms with Gasteiger partial charge in [-0.25, -0.2) is 4.39 Å². The van der Waals surface area contributed by atoms with Crippen molar-refractivity contribution in [3.8, 4) is 0 Å². The highest BCUT2D eigenvalue weighted by Crippen LogP contribution is 2.22. The van der Waals surface area contributed by atoms with Gasteiger partial charge in [0.15, 0.2) is 0 Å². The Balaban J connectivity index is 2.31. The number of amides is 1. The number of halogens is 1. The largest absolute Gasteiger partial charge is 0.351 e. The van der Waals surface area contributed by atoms with Crippen molar-refractivity contribution < 1.29 is 9.18 Å². The van der Waals surface area contributed by atoms with Crippen LogP contribution in [0.3, 0.4) is 0 Å². The predicted molar refractivity (Wildman–Crippen MR) is 70.5 cm³/mol. The third kappa shape index (κ3) is 6.31. The van der Waals surface area contributed by atoms with Gasteiger partial charge in [0.2, 0.25) is 5.91 Å². The number of carbonyl (C=O) groups is 1. The van der Waals surface area contributed by atoms with E-state index in [1.54, 1.807) is 23.9 Å². The lowest BCUT2D eigenvalue weighted by Crippen LogP contribution is -2.26. The maximum atomic E-state index is 12.6. The molecule has 0 aliphatic carbocycles. The first-order chi connectivity index (χ1) is 7.87. The van der Waals surface area contributed by atoms with Crippen molar-refractivity contribution in [2.24, 2.45) is 0 Å². The van der Waals surface area contributed by atoms with Gasteiger partial charge in [-0.3, -0.25) is 4.79 Å². The van der Waals surface area contributed by atoms with Crippen LogP contribution in [0.1, 0.15) is 26.3 Å². The smallest absolute Gasteiger partial charge is 0.230 e. The summed E-state index contributed by atoms with van der Waals surface area (Å²) >= 11 is 1.61. The molecule has 0 radical (unpaired) electrons. The summed E-state index contributed by atoms with van der Waals surface area (Å²) in [5.41, 5.74) is 0.903. The van der Waals surface area contributed by atoms with Crippen molar-refractivity contribution in [1.29, 1.82) is 0 Å². The summed E-state index contributed by atoms with van der Waals surface area (Å²) in [4.78, 5) is 11.5. The van der Waals surface area contributed by atoms with Gasteiger partial charge < -0.3 is 5.32 Å². The number of hydrogen-bond donors (Lipinski definition) is 1. The van der Waals surface area contributed by atoms with Gasteiger partial charge >= 0.3 is 0 Å². The molecule has 17 heavy (non-hydrogen) atoms. The molecule has 1 aromatic rings. The SMILES string of the molecule is CC(C)(C)SCC(=O)NCc1ccc(F)cc1. The second-order valence-electron chi connectivity index (χ2n) is 4.80. The number of carbonyl (C=O) groups excluding carboxylic acids is 1. The summed E-state index contributed by atoms with van der Waals surface area (Å²) in [5, 5.41) is 2.81. The van der Waals surface area contributed by atoms with Crippen LogP contribution in [0.5, 0.6) is 0 Å². The Labute approximate surface area is 106 Å². The molecule has 0 heterocycles. The number of rotatable bonds is 4. The van der Waals surface area contributed by atoms with E-state index in [9.17, 15) is 9.18 Å². The summed E-state index contributed by atoms with van der Waals surface area (Å²) in [6.07, 6.45) is 0. The van der Waals surface area contributed by atoms with Gasteiger partial charge in [-0.15, -0.1) is 11.8 Å². The molecule has 1 N–H and O–H groups in total. The molecule has 1 aromatic carbocycles. The minimum Gasteiger partial charge on any atom is -0.351 e. The van der Waals surface area contributed by atoms with Crippen molar-refractivity contribution in [2.45, 2.75) is 32.1 Å². The van der Waals surface area contributed by atoms with Gasteiger partial charge in [0.25, 0.3) is 0 Å². The maximum absolute atomic E-state index is 12.6. The van der Waals surface area contributed by atoms with Crippen molar-refractivity contribution in [3.63, 3.8) is 0 Å². The summed E-state index contributed by atoms with van der Waals surface area (Å²) in [6.45, 7) is 6.67. The van der Waals surface area contributed by atoms with Crippen LogP contribution in [0.2, 0.25) is 0 Å². The number of nitrogens with one attached hydrogen (secondary N) is 1. The van der Waals surface area contributed by atoms with Gasteiger partial charge in [-0.1, -0.05) is 32.9 Å². The van der Waals surface area contributed by atoms with Crippen molar-refractivity contribution >= 4 is 17.7 Å². The Bertz CT molecular complexity index is 370. The van der Waals surface area contributed by atoms with Gasteiger partial charge in [-0.2, -0.15) is 0 Å². The molecule has 0 spiro atoms. The van der Waals surface area contributed by atoms with E-state index >= 15 is 0 Å². The average Bonchev–Trinajstić information content (AvgIpc) is 2.25. The molecule has 0 fully saturated rings. The minimum absolute atomic E-state index is 0.00856. The van der Waals surface area contributed by atoms with Gasteiger partial charge in [0.05, 0.1) is 5.75 Å². The normalized spacial score (nSPS) is 11.3. The Hall–Kier alpha value is -1.03. The molecule has 4 heteroatoms. The topological polar surface area (TPSA) is 29.1 Å². The Morgan fingerprint density at radius 2 is 1.88 bits per heavy atom. The first kappa shape index (κ1) is 14.0. The molecule has 94 valence electrons. The number of benzene rings is 1. The molecule has 0 aliphatic heterocycles. The Kier molecular flexibility index (Phi) is 5.00. The zero-order valence-corrected chi connectivity index (χ0v) is 11.2. The molecule has 0 aliphatic rings. The maximum Gasteiger partial charge on any atom is 0.230 e. The highest BCUT2D eigenvalue weighted by molar-refractivity contribution is 8.01. The summed E-state index contributed by atoms with van der Waals surface area (Å²) in [6, 6.07) is 6.13. The van der Waals surface area contributed by atoms with Crippen molar-refractivity contribution in [1.82, 2.24) is 5.32 Å². The Morgan fingerprint density at radius 1 is 1.29 bits per heavy atom. The lowest BCUT2D eigenvalue weighted by atomic mass is 10.2. The van der Waals surface area contributed by atoms with Crippen LogP contribution in [0.4, 0.5) is 4.39 Å². The average molecular weight is 255 g/mol. The van der Waals surface area contributed by atoms with E-state index in [0.29, 0.717) is 12.3 Å². The van der Waals surface area contributed by atoms with Gasteiger partial charge in [-0.05, 0) is 17.7 Å². The second-order valence-corrected chi connectivity index (χ2v) is 6.61. The molecule has 0 saturated heterocycles. The van der Waals surface area contributed by atoms with E-state index in [1.807, 2.05) is 0 Å². The fourth-order valence-corrected chi connectivity index (χ4v) is 1.80. The molecule has 0 bridgehead atoms. The van der Waals surface area contributed by atoms with Crippen LogP contribution in [-0.2, 0) is 11.3 Å².